The highest BCUT2D eigenvalue weighted by Gasteiger charge is 2.34. The van der Waals surface area contributed by atoms with Crippen LogP contribution in [0.15, 0.2) is 29.3 Å². The number of nitrogens with one attached hydrogen (secondary N) is 1. The van der Waals surface area contributed by atoms with Crippen LogP contribution in [-0.2, 0) is 4.79 Å². The molecule has 0 bridgehead atoms. The summed E-state index contributed by atoms with van der Waals surface area (Å²) in [5, 5.41) is 1.97. The zero-order chi connectivity index (χ0) is 17.9. The Morgan fingerprint density at radius 1 is 1.21 bits per heavy atom. The number of nitrogens with zero attached hydrogens (tertiary/aromatic N) is 3. The van der Waals surface area contributed by atoms with Crippen molar-refractivity contribution in [3.63, 3.8) is 0 Å². The highest BCUT2D eigenvalue weighted by atomic mass is 32.2. The molecule has 3 amide bonds. The van der Waals surface area contributed by atoms with Gasteiger partial charge in [-0.3, -0.25) is 14.4 Å². The summed E-state index contributed by atoms with van der Waals surface area (Å²) in [7, 11) is 0. The number of aromatic nitrogens is 2. The second kappa shape index (κ2) is 7.04. The van der Waals surface area contributed by atoms with Crippen LogP contribution in [0.2, 0.25) is 0 Å². The second-order valence-corrected chi connectivity index (χ2v) is 5.84. The molecule has 0 aliphatic rings. The Hall–Kier alpha value is -2.36. The number of carbonyl (C=O) groups is 2. The molecule has 0 saturated carbocycles. The minimum atomic E-state index is -4.63. The number of benzene rings is 1. The highest BCUT2D eigenvalue weighted by molar-refractivity contribution is 7.97. The molecule has 6 nitrogen and oxygen atoms in total. The van der Waals surface area contributed by atoms with Crippen molar-refractivity contribution in [2.75, 3.05) is 6.54 Å². The lowest BCUT2D eigenvalue weighted by molar-refractivity contribution is -0.132. The van der Waals surface area contributed by atoms with Crippen LogP contribution in [0.5, 0.6) is 0 Å². The number of rotatable bonds is 3. The summed E-state index contributed by atoms with van der Waals surface area (Å²) in [6, 6.07) is 5.70. The predicted molar refractivity (Wildman–Crippen MR) is 82.1 cm³/mol. The van der Waals surface area contributed by atoms with Gasteiger partial charge < -0.3 is 0 Å². The zero-order valence-corrected chi connectivity index (χ0v) is 13.5. The number of halogens is 3. The van der Waals surface area contributed by atoms with Gasteiger partial charge in [-0.25, -0.2) is 14.8 Å². The summed E-state index contributed by atoms with van der Waals surface area (Å²) < 4.78 is 38.5. The fourth-order valence-corrected chi connectivity index (χ4v) is 2.65. The number of aryl methyl sites for hydroxylation is 1. The number of para-hydroxylation sites is 2. The molecule has 0 unspecified atom stereocenters. The molecule has 0 saturated heterocycles. The Balaban J connectivity index is 2.32. The first-order valence-corrected chi connectivity index (χ1v) is 7.50. The van der Waals surface area contributed by atoms with Crippen molar-refractivity contribution in [3.8, 4) is 0 Å². The molecule has 1 aromatic heterocycles. The van der Waals surface area contributed by atoms with Crippen molar-refractivity contribution in [3.05, 3.63) is 30.0 Å². The van der Waals surface area contributed by atoms with Gasteiger partial charge in [-0.2, -0.15) is 13.2 Å². The maximum atomic E-state index is 12.7. The van der Waals surface area contributed by atoms with Crippen LogP contribution in [0.3, 0.4) is 0 Å². The molecule has 1 aromatic carbocycles. The van der Waals surface area contributed by atoms with Gasteiger partial charge >= 0.3 is 12.2 Å². The average molecular weight is 358 g/mol. The normalized spacial score (nSPS) is 11.4. The number of fused-ring (bicyclic) bond motifs is 1. The molecular weight excluding hydrogens is 345 g/mol. The second-order valence-electron chi connectivity index (χ2n) is 4.83. The van der Waals surface area contributed by atoms with Gasteiger partial charge in [0.15, 0.2) is 0 Å². The third kappa shape index (κ3) is 4.82. The molecule has 24 heavy (non-hydrogen) atoms. The van der Waals surface area contributed by atoms with E-state index in [2.05, 4.69) is 9.97 Å². The van der Waals surface area contributed by atoms with Crippen molar-refractivity contribution in [1.82, 2.24) is 19.6 Å². The van der Waals surface area contributed by atoms with Crippen molar-refractivity contribution in [2.45, 2.75) is 25.0 Å². The fourth-order valence-electron chi connectivity index (χ4n) is 1.78. The van der Waals surface area contributed by atoms with Crippen LogP contribution in [0.25, 0.3) is 11.0 Å². The first-order valence-electron chi connectivity index (χ1n) is 6.73. The fraction of sp³-hybridized carbons (Fsp3) is 0.286. The standard InChI is InChI=1S/C14H13F3N4O2S/c1-8-12(20-11-6-4-3-5-10(11)18-8)24-21(7-14(15,16)17)13(23)19-9(2)22/h3-6H,7H2,1-2H3,(H,19,22,23). The summed E-state index contributed by atoms with van der Waals surface area (Å²) in [6.45, 7) is 1.08. The highest BCUT2D eigenvalue weighted by Crippen LogP contribution is 2.28. The van der Waals surface area contributed by atoms with Crippen LogP contribution < -0.4 is 5.32 Å². The molecule has 1 N–H and O–H groups in total. The van der Waals surface area contributed by atoms with Gasteiger partial charge in [0.05, 0.1) is 16.7 Å². The van der Waals surface area contributed by atoms with E-state index in [1.165, 1.54) is 0 Å². The Bertz CT molecular complexity index is 782. The zero-order valence-electron chi connectivity index (χ0n) is 12.7. The molecule has 128 valence electrons. The lowest BCUT2D eigenvalue weighted by Crippen LogP contribution is -2.42. The lowest BCUT2D eigenvalue weighted by atomic mass is 10.3. The minimum Gasteiger partial charge on any atom is -0.277 e. The molecular formula is C14H13F3N4O2S. The molecule has 0 radical (unpaired) electrons. The van der Waals surface area contributed by atoms with E-state index in [-0.39, 0.29) is 5.03 Å². The van der Waals surface area contributed by atoms with Crippen molar-refractivity contribution < 1.29 is 22.8 Å². The average Bonchev–Trinajstić information content (AvgIpc) is 2.45. The van der Waals surface area contributed by atoms with E-state index in [1.54, 1.807) is 31.2 Å². The number of imide groups is 1. The Morgan fingerprint density at radius 2 is 1.79 bits per heavy atom. The van der Waals surface area contributed by atoms with Gasteiger partial charge in [0, 0.05) is 18.9 Å². The number of hydrogen-bond donors (Lipinski definition) is 1. The topological polar surface area (TPSA) is 75.2 Å². The quantitative estimate of drug-likeness (QED) is 0.854. The Morgan fingerprint density at radius 3 is 2.33 bits per heavy atom. The summed E-state index contributed by atoms with van der Waals surface area (Å²) in [5.74, 6) is -0.755. The molecule has 0 atom stereocenters. The Labute approximate surface area is 139 Å². The number of amides is 3. The molecule has 2 aromatic rings. The van der Waals surface area contributed by atoms with Gasteiger partial charge in [0.25, 0.3) is 0 Å². The van der Waals surface area contributed by atoms with E-state index in [4.69, 9.17) is 0 Å². The number of urea groups is 1. The molecule has 0 fully saturated rings. The molecule has 0 spiro atoms. The lowest BCUT2D eigenvalue weighted by Gasteiger charge is -2.22. The maximum absolute atomic E-state index is 12.7. The van der Waals surface area contributed by atoms with E-state index in [0.29, 0.717) is 33.0 Å². The van der Waals surface area contributed by atoms with E-state index in [1.807, 2.05) is 5.32 Å². The largest absolute Gasteiger partial charge is 0.407 e. The predicted octanol–water partition coefficient (Wildman–Crippen LogP) is 3.07. The van der Waals surface area contributed by atoms with Crippen LogP contribution in [-0.4, -0.2) is 38.9 Å². The molecule has 2 rings (SSSR count). The maximum Gasteiger partial charge on any atom is 0.407 e. The number of carbonyl (C=O) groups excluding carboxylic acids is 2. The van der Waals surface area contributed by atoms with E-state index in [0.717, 1.165) is 6.92 Å². The molecule has 1 heterocycles. The van der Waals surface area contributed by atoms with Crippen molar-refractivity contribution >= 4 is 34.9 Å². The van der Waals surface area contributed by atoms with Crippen LogP contribution >= 0.6 is 11.9 Å². The third-order valence-corrected chi connectivity index (χ3v) is 3.81. The van der Waals surface area contributed by atoms with Crippen molar-refractivity contribution in [1.29, 1.82) is 0 Å². The molecule has 10 heteroatoms. The van der Waals surface area contributed by atoms with Crippen LogP contribution in [0, 0.1) is 6.92 Å². The summed E-state index contributed by atoms with van der Waals surface area (Å²) in [5.41, 5.74) is 1.46. The van der Waals surface area contributed by atoms with Gasteiger partial charge in [-0.1, -0.05) is 12.1 Å². The summed E-state index contributed by atoms with van der Waals surface area (Å²) >= 11 is 0.483. The van der Waals surface area contributed by atoms with Gasteiger partial charge in [0.2, 0.25) is 5.91 Å². The smallest absolute Gasteiger partial charge is 0.277 e. The summed E-state index contributed by atoms with van der Waals surface area (Å²) in [6.07, 6.45) is -4.63. The van der Waals surface area contributed by atoms with E-state index < -0.39 is 24.7 Å². The van der Waals surface area contributed by atoms with Crippen LogP contribution in [0.4, 0.5) is 18.0 Å². The van der Waals surface area contributed by atoms with Crippen LogP contribution in [0.1, 0.15) is 12.6 Å². The van der Waals surface area contributed by atoms with Gasteiger partial charge in [-0.05, 0) is 19.1 Å². The molecule has 0 aliphatic heterocycles. The number of hydrogen-bond acceptors (Lipinski definition) is 5. The monoisotopic (exact) mass is 358 g/mol. The SMILES string of the molecule is CC(=O)NC(=O)N(CC(F)(F)F)Sc1nc2ccccc2nc1C. The van der Waals surface area contributed by atoms with Crippen molar-refractivity contribution in [2.24, 2.45) is 0 Å². The first-order chi connectivity index (χ1) is 11.2. The van der Waals surface area contributed by atoms with E-state index >= 15 is 0 Å². The van der Waals surface area contributed by atoms with E-state index in [9.17, 15) is 22.8 Å². The third-order valence-electron chi connectivity index (χ3n) is 2.73. The molecule has 0 aliphatic carbocycles. The minimum absolute atomic E-state index is 0.150. The first kappa shape index (κ1) is 18.0. The Kier molecular flexibility index (Phi) is 5.27. The van der Waals surface area contributed by atoms with Gasteiger partial charge in [0.1, 0.15) is 11.6 Å². The number of alkyl halides is 3. The van der Waals surface area contributed by atoms with Gasteiger partial charge in [-0.15, -0.1) is 0 Å². The summed E-state index contributed by atoms with van der Waals surface area (Å²) in [4.78, 5) is 31.3.